The van der Waals surface area contributed by atoms with Crippen molar-refractivity contribution in [2.24, 2.45) is 0 Å². The van der Waals surface area contributed by atoms with Gasteiger partial charge in [0.05, 0.1) is 5.56 Å². The third-order valence-electron chi connectivity index (χ3n) is 5.22. The third kappa shape index (κ3) is 4.37. The summed E-state index contributed by atoms with van der Waals surface area (Å²) < 4.78 is 0. The van der Waals surface area contributed by atoms with Crippen molar-refractivity contribution in [2.75, 3.05) is 6.54 Å². The summed E-state index contributed by atoms with van der Waals surface area (Å²) in [5.41, 5.74) is 3.87. The quantitative estimate of drug-likeness (QED) is 0.529. The van der Waals surface area contributed by atoms with E-state index in [0.29, 0.717) is 5.56 Å². The number of fused-ring (bicyclic) bond motifs is 1. The Morgan fingerprint density at radius 1 is 1.04 bits per heavy atom. The molecule has 140 valence electrons. The Bertz CT molecular complexity index is 927. The second-order valence-electron chi connectivity index (χ2n) is 6.95. The molecule has 0 aliphatic heterocycles. The molecule has 1 unspecified atom stereocenters. The predicted molar refractivity (Wildman–Crippen MR) is 111 cm³/mol. The first-order valence-corrected chi connectivity index (χ1v) is 9.67. The molecular weight excluding hydrogens is 334 g/mol. The van der Waals surface area contributed by atoms with E-state index in [1.807, 2.05) is 13.0 Å². The minimum atomic E-state index is -0.837. The molecule has 1 atom stereocenters. The van der Waals surface area contributed by atoms with Crippen LogP contribution in [0.15, 0.2) is 60.7 Å². The predicted octanol–water partition coefficient (Wildman–Crippen LogP) is 5.38. The van der Waals surface area contributed by atoms with Crippen molar-refractivity contribution < 1.29 is 9.90 Å². The van der Waals surface area contributed by atoms with E-state index in [-0.39, 0.29) is 6.04 Å². The molecule has 27 heavy (non-hydrogen) atoms. The van der Waals surface area contributed by atoms with E-state index in [1.165, 1.54) is 16.3 Å². The Labute approximate surface area is 161 Å². The Kier molecular flexibility index (Phi) is 6.25. The molecular formula is C24H27NO2. The topological polar surface area (TPSA) is 49.3 Å². The van der Waals surface area contributed by atoms with Gasteiger partial charge < -0.3 is 10.4 Å². The van der Waals surface area contributed by atoms with Gasteiger partial charge in [0.25, 0.3) is 0 Å². The van der Waals surface area contributed by atoms with Gasteiger partial charge in [0.15, 0.2) is 0 Å². The molecule has 0 saturated heterocycles. The van der Waals surface area contributed by atoms with Gasteiger partial charge in [0, 0.05) is 6.04 Å². The van der Waals surface area contributed by atoms with Crippen molar-refractivity contribution in [1.82, 2.24) is 5.32 Å². The minimum Gasteiger partial charge on any atom is -0.478 e. The van der Waals surface area contributed by atoms with Crippen molar-refractivity contribution in [3.8, 4) is 0 Å². The summed E-state index contributed by atoms with van der Waals surface area (Å²) >= 11 is 0. The first-order valence-electron chi connectivity index (χ1n) is 9.67. The highest BCUT2D eigenvalue weighted by molar-refractivity contribution is 5.89. The number of aromatic carboxylic acids is 1. The molecule has 0 aliphatic carbocycles. The van der Waals surface area contributed by atoms with Crippen molar-refractivity contribution in [1.29, 1.82) is 0 Å². The number of rotatable bonds is 8. The zero-order valence-corrected chi connectivity index (χ0v) is 16.0. The average molecular weight is 361 g/mol. The van der Waals surface area contributed by atoms with E-state index in [9.17, 15) is 9.90 Å². The molecule has 2 N–H and O–H groups in total. The number of nitrogens with one attached hydrogen (secondary N) is 1. The molecule has 0 spiro atoms. The number of benzene rings is 3. The van der Waals surface area contributed by atoms with Crippen molar-refractivity contribution >= 4 is 16.7 Å². The van der Waals surface area contributed by atoms with Crippen LogP contribution in [0, 0.1) is 0 Å². The van der Waals surface area contributed by atoms with Crippen LogP contribution >= 0.6 is 0 Å². The number of hydrogen-bond acceptors (Lipinski definition) is 2. The summed E-state index contributed by atoms with van der Waals surface area (Å²) in [6.07, 6.45) is 2.61. The van der Waals surface area contributed by atoms with Crippen LogP contribution < -0.4 is 5.32 Å². The number of carbonyl (C=O) groups is 1. The lowest BCUT2D eigenvalue weighted by atomic mass is 9.95. The summed E-state index contributed by atoms with van der Waals surface area (Å²) in [6, 6.07) is 20.8. The van der Waals surface area contributed by atoms with Crippen LogP contribution in [0.4, 0.5) is 0 Å². The molecule has 3 aromatic rings. The third-order valence-corrected chi connectivity index (χ3v) is 5.22. The monoisotopic (exact) mass is 361 g/mol. The highest BCUT2D eigenvalue weighted by atomic mass is 16.4. The fourth-order valence-electron chi connectivity index (χ4n) is 3.82. The van der Waals surface area contributed by atoms with Gasteiger partial charge in [0.1, 0.15) is 0 Å². The molecule has 3 rings (SSSR count). The summed E-state index contributed by atoms with van der Waals surface area (Å²) in [5.74, 6) is -0.837. The molecule has 0 aromatic heterocycles. The fourth-order valence-corrected chi connectivity index (χ4v) is 3.82. The lowest BCUT2D eigenvalue weighted by molar-refractivity contribution is 0.0695. The van der Waals surface area contributed by atoms with E-state index >= 15 is 0 Å². The summed E-state index contributed by atoms with van der Waals surface area (Å²) in [7, 11) is 0. The second-order valence-corrected chi connectivity index (χ2v) is 6.95. The van der Waals surface area contributed by atoms with E-state index < -0.39 is 5.97 Å². The van der Waals surface area contributed by atoms with Crippen LogP contribution in [0.3, 0.4) is 0 Å². The van der Waals surface area contributed by atoms with Gasteiger partial charge in [-0.25, -0.2) is 4.79 Å². The van der Waals surface area contributed by atoms with Gasteiger partial charge in [-0.15, -0.1) is 0 Å². The molecule has 0 heterocycles. The zero-order valence-electron chi connectivity index (χ0n) is 16.0. The Morgan fingerprint density at radius 2 is 1.78 bits per heavy atom. The standard InChI is InChI=1S/C24H27NO2/c1-3-20-18(10-7-15-23(20)24(26)27)12-8-16-25-17(2)21-14-6-11-19-9-4-5-13-22(19)21/h4-7,9-11,13-15,17,25H,3,8,12,16H2,1-2H3,(H,26,27). The molecule has 0 radical (unpaired) electrons. The van der Waals surface area contributed by atoms with Crippen LogP contribution in [0.5, 0.6) is 0 Å². The maximum atomic E-state index is 11.4. The number of carboxylic acids is 1. The summed E-state index contributed by atoms with van der Waals surface area (Å²) in [5, 5.41) is 15.5. The van der Waals surface area contributed by atoms with Crippen LogP contribution in [-0.2, 0) is 12.8 Å². The normalized spacial score (nSPS) is 12.2. The molecule has 0 saturated carbocycles. The lowest BCUT2D eigenvalue weighted by Crippen LogP contribution is -2.20. The maximum absolute atomic E-state index is 11.4. The van der Waals surface area contributed by atoms with Crippen molar-refractivity contribution in [2.45, 2.75) is 39.2 Å². The van der Waals surface area contributed by atoms with Crippen molar-refractivity contribution in [3.05, 3.63) is 82.9 Å². The number of carboxylic acid groups (broad SMARTS) is 1. The van der Waals surface area contributed by atoms with Gasteiger partial charge in [-0.05, 0) is 66.3 Å². The van der Waals surface area contributed by atoms with E-state index in [4.69, 9.17) is 0 Å². The highest BCUT2D eigenvalue weighted by Crippen LogP contribution is 2.24. The van der Waals surface area contributed by atoms with Gasteiger partial charge in [-0.1, -0.05) is 61.5 Å². The smallest absolute Gasteiger partial charge is 0.335 e. The van der Waals surface area contributed by atoms with Crippen LogP contribution in [0.25, 0.3) is 10.8 Å². The Balaban J connectivity index is 1.62. The molecule has 0 amide bonds. The Morgan fingerprint density at radius 3 is 2.56 bits per heavy atom. The van der Waals surface area contributed by atoms with Crippen LogP contribution in [-0.4, -0.2) is 17.6 Å². The highest BCUT2D eigenvalue weighted by Gasteiger charge is 2.12. The minimum absolute atomic E-state index is 0.270. The number of hydrogen-bond donors (Lipinski definition) is 2. The largest absolute Gasteiger partial charge is 0.478 e. The lowest BCUT2D eigenvalue weighted by Gasteiger charge is -2.17. The maximum Gasteiger partial charge on any atom is 0.335 e. The molecule has 3 heteroatoms. The van der Waals surface area contributed by atoms with E-state index in [0.717, 1.165) is 36.9 Å². The molecule has 0 bridgehead atoms. The first-order chi connectivity index (χ1) is 13.1. The van der Waals surface area contributed by atoms with E-state index in [1.54, 1.807) is 6.07 Å². The van der Waals surface area contributed by atoms with Crippen LogP contribution in [0.2, 0.25) is 0 Å². The average Bonchev–Trinajstić information content (AvgIpc) is 2.70. The van der Waals surface area contributed by atoms with Gasteiger partial charge in [-0.2, -0.15) is 0 Å². The van der Waals surface area contributed by atoms with Crippen molar-refractivity contribution in [3.63, 3.8) is 0 Å². The van der Waals surface area contributed by atoms with Gasteiger partial charge in [-0.3, -0.25) is 0 Å². The zero-order chi connectivity index (χ0) is 19.2. The Hall–Kier alpha value is -2.65. The fraction of sp³-hybridized carbons (Fsp3) is 0.292. The van der Waals surface area contributed by atoms with Gasteiger partial charge in [0.2, 0.25) is 0 Å². The van der Waals surface area contributed by atoms with E-state index in [2.05, 4.69) is 60.8 Å². The molecule has 3 nitrogen and oxygen atoms in total. The van der Waals surface area contributed by atoms with Crippen LogP contribution in [0.1, 0.15) is 53.4 Å². The molecule has 0 aliphatic rings. The second kappa shape index (κ2) is 8.83. The summed E-state index contributed by atoms with van der Waals surface area (Å²) in [6.45, 7) is 5.11. The first kappa shape index (κ1) is 19.1. The van der Waals surface area contributed by atoms with Gasteiger partial charge >= 0.3 is 5.97 Å². The number of aryl methyl sites for hydroxylation is 1. The molecule has 3 aromatic carbocycles. The SMILES string of the molecule is CCc1c(CCCNC(C)c2cccc3ccccc23)cccc1C(=O)O. The summed E-state index contributed by atoms with van der Waals surface area (Å²) in [4.78, 5) is 11.4. The molecule has 0 fully saturated rings.